The van der Waals surface area contributed by atoms with Crippen LogP contribution in [0.1, 0.15) is 37.5 Å². The quantitative estimate of drug-likeness (QED) is 0.296. The molecule has 0 bridgehead atoms. The summed E-state index contributed by atoms with van der Waals surface area (Å²) in [5.41, 5.74) is 16.6. The number of benzene rings is 4. The maximum atomic E-state index is 6.05. The zero-order valence-corrected chi connectivity index (χ0v) is 19.3. The maximum absolute atomic E-state index is 6.05. The number of hydrogen-bond acceptors (Lipinski definition) is 4. The molecule has 0 aromatic heterocycles. The Bertz CT molecular complexity index is 1210. The molecule has 0 heterocycles. The Morgan fingerprint density at radius 3 is 1.52 bits per heavy atom. The Morgan fingerprint density at radius 2 is 1.03 bits per heavy atom. The molecule has 4 rings (SSSR count). The maximum Gasteiger partial charge on any atom is 0.127 e. The van der Waals surface area contributed by atoms with Crippen molar-refractivity contribution >= 4 is 11.4 Å². The van der Waals surface area contributed by atoms with Crippen LogP contribution in [0.3, 0.4) is 0 Å². The van der Waals surface area contributed by atoms with E-state index in [4.69, 9.17) is 20.9 Å². The second-order valence-electron chi connectivity index (χ2n) is 8.66. The molecule has 0 atom stereocenters. The molecule has 0 radical (unpaired) electrons. The molecular formula is C29H30N2O2. The predicted molar refractivity (Wildman–Crippen MR) is 136 cm³/mol. The fraction of sp³-hybridized carbons (Fsp3) is 0.172. The van der Waals surface area contributed by atoms with Crippen LogP contribution in [0.25, 0.3) is 0 Å². The van der Waals surface area contributed by atoms with E-state index in [9.17, 15) is 0 Å². The fourth-order valence-corrected chi connectivity index (χ4v) is 3.81. The molecule has 0 saturated carbocycles. The minimum atomic E-state index is -0.172. The topological polar surface area (TPSA) is 70.5 Å². The molecule has 4 heteroatoms. The Balaban J connectivity index is 1.47. The molecular weight excluding hydrogens is 408 g/mol. The van der Waals surface area contributed by atoms with Gasteiger partial charge in [-0.3, -0.25) is 0 Å². The van der Waals surface area contributed by atoms with Gasteiger partial charge in [0.1, 0.15) is 23.0 Å². The molecule has 4 N–H and O–H groups in total. The van der Waals surface area contributed by atoms with E-state index in [-0.39, 0.29) is 5.41 Å². The highest BCUT2D eigenvalue weighted by Gasteiger charge is 2.23. The summed E-state index contributed by atoms with van der Waals surface area (Å²) in [5, 5.41) is 0. The minimum Gasteiger partial charge on any atom is -0.457 e. The monoisotopic (exact) mass is 438 g/mol. The van der Waals surface area contributed by atoms with Crippen molar-refractivity contribution in [1.29, 1.82) is 0 Å². The summed E-state index contributed by atoms with van der Waals surface area (Å²) >= 11 is 0. The number of nitrogen functional groups attached to an aromatic ring is 2. The van der Waals surface area contributed by atoms with Gasteiger partial charge in [0.25, 0.3) is 0 Å². The molecule has 0 fully saturated rings. The first-order valence-electron chi connectivity index (χ1n) is 11.2. The smallest absolute Gasteiger partial charge is 0.127 e. The van der Waals surface area contributed by atoms with Crippen LogP contribution in [-0.2, 0) is 11.8 Å². The van der Waals surface area contributed by atoms with Gasteiger partial charge in [0, 0.05) is 16.8 Å². The van der Waals surface area contributed by atoms with E-state index in [0.717, 1.165) is 46.4 Å². The van der Waals surface area contributed by atoms with Gasteiger partial charge in [-0.2, -0.15) is 0 Å². The van der Waals surface area contributed by atoms with Crippen molar-refractivity contribution in [2.75, 3.05) is 11.5 Å². The molecule has 0 aliphatic rings. The third kappa shape index (κ3) is 5.12. The van der Waals surface area contributed by atoms with E-state index in [1.165, 1.54) is 11.1 Å². The van der Waals surface area contributed by atoms with Gasteiger partial charge in [0.15, 0.2) is 0 Å². The summed E-state index contributed by atoms with van der Waals surface area (Å²) < 4.78 is 12.0. The van der Waals surface area contributed by atoms with Crippen LogP contribution in [0.5, 0.6) is 23.0 Å². The lowest BCUT2D eigenvalue weighted by molar-refractivity contribution is 0.481. The van der Waals surface area contributed by atoms with Gasteiger partial charge in [0.05, 0.1) is 0 Å². The van der Waals surface area contributed by atoms with Crippen molar-refractivity contribution in [1.82, 2.24) is 0 Å². The van der Waals surface area contributed by atoms with Crippen LogP contribution in [0.2, 0.25) is 0 Å². The number of ether oxygens (including phenoxy) is 2. The normalized spacial score (nSPS) is 11.2. The van der Waals surface area contributed by atoms with Crippen LogP contribution in [0, 0.1) is 0 Å². The zero-order chi connectivity index (χ0) is 23.4. The summed E-state index contributed by atoms with van der Waals surface area (Å²) in [6.45, 7) is 6.52. The molecule has 4 nitrogen and oxygen atoms in total. The van der Waals surface area contributed by atoms with Crippen molar-refractivity contribution in [3.63, 3.8) is 0 Å². The highest BCUT2D eigenvalue weighted by Crippen LogP contribution is 2.35. The number of rotatable bonds is 7. The number of nitrogens with two attached hydrogens (primary N) is 2. The van der Waals surface area contributed by atoms with Gasteiger partial charge >= 0.3 is 0 Å². The lowest BCUT2D eigenvalue weighted by Gasteiger charge is -2.26. The highest BCUT2D eigenvalue weighted by molar-refractivity contribution is 5.51. The molecule has 0 amide bonds. The zero-order valence-electron chi connectivity index (χ0n) is 19.3. The van der Waals surface area contributed by atoms with Crippen LogP contribution in [0.4, 0.5) is 11.4 Å². The SMILES string of the molecule is CCc1cc(Oc2ccc(C(C)(C)c3ccc(Oc4ccc(N)cc4)cc3)cc2)ccc1N. The van der Waals surface area contributed by atoms with E-state index < -0.39 is 0 Å². The average molecular weight is 439 g/mol. The van der Waals surface area contributed by atoms with Gasteiger partial charge < -0.3 is 20.9 Å². The van der Waals surface area contributed by atoms with Gasteiger partial charge in [0.2, 0.25) is 0 Å². The number of anilines is 2. The van der Waals surface area contributed by atoms with E-state index in [2.05, 4.69) is 45.0 Å². The van der Waals surface area contributed by atoms with E-state index in [0.29, 0.717) is 0 Å². The second-order valence-corrected chi connectivity index (χ2v) is 8.66. The van der Waals surface area contributed by atoms with Crippen molar-refractivity contribution in [3.8, 4) is 23.0 Å². The summed E-state index contributed by atoms with van der Waals surface area (Å²) in [6.07, 6.45) is 0.875. The predicted octanol–water partition coefficient (Wildman–Crippen LogP) is 7.32. The van der Waals surface area contributed by atoms with Crippen LogP contribution < -0.4 is 20.9 Å². The average Bonchev–Trinajstić information content (AvgIpc) is 2.82. The minimum absolute atomic E-state index is 0.172. The lowest BCUT2D eigenvalue weighted by Crippen LogP contribution is -2.18. The van der Waals surface area contributed by atoms with Crippen molar-refractivity contribution in [2.45, 2.75) is 32.6 Å². The Morgan fingerprint density at radius 1 is 0.606 bits per heavy atom. The van der Waals surface area contributed by atoms with E-state index in [1.54, 1.807) is 0 Å². The van der Waals surface area contributed by atoms with Crippen molar-refractivity contribution < 1.29 is 9.47 Å². The van der Waals surface area contributed by atoms with Crippen molar-refractivity contribution in [3.05, 3.63) is 108 Å². The van der Waals surface area contributed by atoms with E-state index >= 15 is 0 Å². The third-order valence-electron chi connectivity index (χ3n) is 6.00. The highest BCUT2D eigenvalue weighted by atomic mass is 16.5. The molecule has 4 aromatic carbocycles. The number of aryl methyl sites for hydroxylation is 1. The van der Waals surface area contributed by atoms with Gasteiger partial charge in [-0.1, -0.05) is 45.0 Å². The van der Waals surface area contributed by atoms with Crippen LogP contribution >= 0.6 is 0 Å². The molecule has 168 valence electrons. The summed E-state index contributed by atoms with van der Waals surface area (Å²) in [6, 6.07) is 29.7. The van der Waals surface area contributed by atoms with E-state index in [1.807, 2.05) is 66.7 Å². The Hall–Kier alpha value is -3.92. The third-order valence-corrected chi connectivity index (χ3v) is 6.00. The molecule has 0 spiro atoms. The van der Waals surface area contributed by atoms with Gasteiger partial charge in [-0.15, -0.1) is 0 Å². The standard InChI is InChI=1S/C29H30N2O2/c1-4-20-19-27(17-18-28(20)31)33-25-13-7-22(8-14-25)29(2,3)21-5-11-24(12-6-21)32-26-15-9-23(30)10-16-26/h5-19H,4,30-31H2,1-3H3. The Labute approximate surface area is 195 Å². The number of hydrogen-bond donors (Lipinski definition) is 2. The first-order chi connectivity index (χ1) is 15.8. The largest absolute Gasteiger partial charge is 0.457 e. The fourth-order valence-electron chi connectivity index (χ4n) is 3.81. The molecule has 33 heavy (non-hydrogen) atoms. The molecule has 0 aliphatic carbocycles. The molecule has 0 saturated heterocycles. The first-order valence-corrected chi connectivity index (χ1v) is 11.2. The second kappa shape index (κ2) is 9.29. The molecule has 4 aromatic rings. The molecule has 0 unspecified atom stereocenters. The van der Waals surface area contributed by atoms with Crippen molar-refractivity contribution in [2.24, 2.45) is 0 Å². The van der Waals surface area contributed by atoms with Crippen LogP contribution in [0.15, 0.2) is 91.0 Å². The summed E-state index contributed by atoms with van der Waals surface area (Å²) in [4.78, 5) is 0. The van der Waals surface area contributed by atoms with Gasteiger partial charge in [-0.25, -0.2) is 0 Å². The molecule has 0 aliphatic heterocycles. The van der Waals surface area contributed by atoms with Gasteiger partial charge in [-0.05, 0) is 89.8 Å². The Kier molecular flexibility index (Phi) is 6.27. The first kappa shape index (κ1) is 22.3. The summed E-state index contributed by atoms with van der Waals surface area (Å²) in [5.74, 6) is 3.15. The summed E-state index contributed by atoms with van der Waals surface area (Å²) in [7, 11) is 0. The van der Waals surface area contributed by atoms with Crippen LogP contribution in [-0.4, -0.2) is 0 Å². The lowest BCUT2D eigenvalue weighted by atomic mass is 9.78.